The normalized spacial score (nSPS) is 9.27. The van der Waals surface area contributed by atoms with E-state index in [2.05, 4.69) is 9.47 Å². The maximum atomic E-state index is 10.3. The number of carbonyl (C=O) groups excluding carboxylic acids is 1. The molecule has 0 saturated carbocycles. The number of hydrogen-bond acceptors (Lipinski definition) is 5. The summed E-state index contributed by atoms with van der Waals surface area (Å²) in [5.74, 6) is 0. The van der Waals surface area contributed by atoms with E-state index in [9.17, 15) is 4.79 Å². The van der Waals surface area contributed by atoms with Gasteiger partial charge in [-0.15, -0.1) is 0 Å². The number of rotatable bonds is 5. The van der Waals surface area contributed by atoms with Crippen molar-refractivity contribution < 1.29 is 19.0 Å². The highest BCUT2D eigenvalue weighted by atomic mass is 16.7. The van der Waals surface area contributed by atoms with Gasteiger partial charge in [0.2, 0.25) is 0 Å². The number of methoxy groups -OCH3 is 1. The third kappa shape index (κ3) is 7.08. The minimum Gasteiger partial charge on any atom is -0.438 e. The van der Waals surface area contributed by atoms with Crippen molar-refractivity contribution in [3.8, 4) is 0 Å². The fourth-order valence-electron chi connectivity index (χ4n) is 0.428. The van der Waals surface area contributed by atoms with Gasteiger partial charge in [0.25, 0.3) is 0 Å². The van der Waals surface area contributed by atoms with Crippen LogP contribution in [0.5, 0.6) is 0 Å². The standard InChI is InChI=1S/C6H13NO4/c1-9-6(8)11-5-4-10-3-2-7/h2-5,7H2,1H3. The minimum atomic E-state index is -0.693. The van der Waals surface area contributed by atoms with Gasteiger partial charge in [-0.2, -0.15) is 0 Å². The highest BCUT2D eigenvalue weighted by Gasteiger charge is 1.97. The molecule has 0 aromatic carbocycles. The molecule has 0 atom stereocenters. The minimum absolute atomic E-state index is 0.201. The Morgan fingerprint density at radius 2 is 2.09 bits per heavy atom. The lowest BCUT2D eigenvalue weighted by molar-refractivity contribution is 0.0394. The van der Waals surface area contributed by atoms with Gasteiger partial charge in [-0.1, -0.05) is 0 Å². The first-order chi connectivity index (χ1) is 5.31. The van der Waals surface area contributed by atoms with Gasteiger partial charge in [0, 0.05) is 6.54 Å². The van der Waals surface area contributed by atoms with Gasteiger partial charge in [0.1, 0.15) is 6.61 Å². The lowest BCUT2D eigenvalue weighted by Crippen LogP contribution is -2.14. The van der Waals surface area contributed by atoms with Crippen LogP contribution in [0.4, 0.5) is 4.79 Å². The molecule has 0 fully saturated rings. The molecule has 0 aliphatic carbocycles. The van der Waals surface area contributed by atoms with Crippen molar-refractivity contribution in [3.05, 3.63) is 0 Å². The van der Waals surface area contributed by atoms with Crippen molar-refractivity contribution in [2.75, 3.05) is 33.5 Å². The van der Waals surface area contributed by atoms with Crippen molar-refractivity contribution in [2.24, 2.45) is 5.73 Å². The van der Waals surface area contributed by atoms with Crippen molar-refractivity contribution in [3.63, 3.8) is 0 Å². The molecular formula is C6H13NO4. The van der Waals surface area contributed by atoms with Gasteiger partial charge in [-0.3, -0.25) is 0 Å². The van der Waals surface area contributed by atoms with E-state index in [1.165, 1.54) is 7.11 Å². The highest BCUT2D eigenvalue weighted by Crippen LogP contribution is 1.82. The fraction of sp³-hybridized carbons (Fsp3) is 0.833. The molecule has 0 heterocycles. The zero-order chi connectivity index (χ0) is 8.53. The Bertz CT molecular complexity index is 107. The van der Waals surface area contributed by atoms with Gasteiger partial charge in [0.05, 0.1) is 20.3 Å². The lowest BCUT2D eigenvalue weighted by atomic mass is 10.7. The third-order valence-electron chi connectivity index (χ3n) is 0.876. The molecule has 0 aromatic heterocycles. The first kappa shape index (κ1) is 10.2. The third-order valence-corrected chi connectivity index (χ3v) is 0.876. The van der Waals surface area contributed by atoms with E-state index in [1.807, 2.05) is 0 Å². The second-order valence-electron chi connectivity index (χ2n) is 1.70. The summed E-state index contributed by atoms with van der Waals surface area (Å²) in [7, 11) is 1.25. The average Bonchev–Trinajstić information content (AvgIpc) is 2.04. The average molecular weight is 163 g/mol. The Morgan fingerprint density at radius 3 is 2.64 bits per heavy atom. The summed E-state index contributed by atoms with van der Waals surface area (Å²) in [6.45, 7) is 1.50. The Balaban J connectivity index is 2.95. The molecule has 0 unspecified atom stereocenters. The molecule has 0 amide bonds. The number of hydrogen-bond donors (Lipinski definition) is 1. The topological polar surface area (TPSA) is 70.8 Å². The predicted molar refractivity (Wildman–Crippen MR) is 38.2 cm³/mol. The molecule has 0 spiro atoms. The molecule has 0 saturated heterocycles. The fourth-order valence-corrected chi connectivity index (χ4v) is 0.428. The molecule has 0 radical (unpaired) electrons. The lowest BCUT2D eigenvalue weighted by Gasteiger charge is -2.02. The van der Waals surface area contributed by atoms with Crippen molar-refractivity contribution >= 4 is 6.16 Å². The van der Waals surface area contributed by atoms with Crippen LogP contribution in [-0.4, -0.2) is 39.6 Å². The highest BCUT2D eigenvalue weighted by molar-refractivity contribution is 5.59. The van der Waals surface area contributed by atoms with Crippen LogP contribution in [0, 0.1) is 0 Å². The largest absolute Gasteiger partial charge is 0.508 e. The van der Waals surface area contributed by atoms with Crippen molar-refractivity contribution in [1.82, 2.24) is 0 Å². The Morgan fingerprint density at radius 1 is 1.36 bits per heavy atom. The molecule has 5 heteroatoms. The smallest absolute Gasteiger partial charge is 0.438 e. The predicted octanol–water partition coefficient (Wildman–Crippen LogP) is -0.255. The summed E-state index contributed by atoms with van der Waals surface area (Å²) in [4.78, 5) is 10.3. The first-order valence-corrected chi connectivity index (χ1v) is 3.29. The second-order valence-corrected chi connectivity index (χ2v) is 1.70. The van der Waals surface area contributed by atoms with Gasteiger partial charge < -0.3 is 19.9 Å². The van der Waals surface area contributed by atoms with Crippen LogP contribution >= 0.6 is 0 Å². The Kier molecular flexibility index (Phi) is 6.76. The monoisotopic (exact) mass is 163 g/mol. The van der Waals surface area contributed by atoms with Gasteiger partial charge in [0.15, 0.2) is 0 Å². The maximum Gasteiger partial charge on any atom is 0.508 e. The quantitative estimate of drug-likeness (QED) is 0.446. The molecule has 0 aromatic rings. The molecular weight excluding hydrogens is 150 g/mol. The molecule has 0 rings (SSSR count). The molecule has 0 aliphatic rings. The summed E-state index contributed by atoms with van der Waals surface area (Å²) < 4.78 is 13.6. The summed E-state index contributed by atoms with van der Waals surface area (Å²) in [6.07, 6.45) is -0.693. The molecule has 66 valence electrons. The van der Waals surface area contributed by atoms with E-state index in [0.29, 0.717) is 19.8 Å². The van der Waals surface area contributed by atoms with Crippen LogP contribution in [0.2, 0.25) is 0 Å². The zero-order valence-corrected chi connectivity index (χ0v) is 6.54. The van der Waals surface area contributed by atoms with E-state index in [-0.39, 0.29) is 6.61 Å². The summed E-state index contributed by atoms with van der Waals surface area (Å²) in [5.41, 5.74) is 5.14. The zero-order valence-electron chi connectivity index (χ0n) is 6.54. The van der Waals surface area contributed by atoms with E-state index < -0.39 is 6.16 Å². The van der Waals surface area contributed by atoms with Gasteiger partial charge in [-0.05, 0) is 0 Å². The van der Waals surface area contributed by atoms with Gasteiger partial charge >= 0.3 is 6.16 Å². The molecule has 11 heavy (non-hydrogen) atoms. The van der Waals surface area contributed by atoms with Crippen LogP contribution in [0.25, 0.3) is 0 Å². The van der Waals surface area contributed by atoms with E-state index in [4.69, 9.17) is 10.5 Å². The van der Waals surface area contributed by atoms with Crippen LogP contribution in [0.15, 0.2) is 0 Å². The van der Waals surface area contributed by atoms with Crippen LogP contribution in [0.1, 0.15) is 0 Å². The van der Waals surface area contributed by atoms with Crippen molar-refractivity contribution in [1.29, 1.82) is 0 Å². The van der Waals surface area contributed by atoms with E-state index in [0.717, 1.165) is 0 Å². The number of ether oxygens (including phenoxy) is 3. The summed E-state index contributed by atoms with van der Waals surface area (Å²) >= 11 is 0. The number of nitrogens with two attached hydrogens (primary N) is 1. The molecule has 0 aliphatic heterocycles. The molecule has 0 bridgehead atoms. The molecule has 5 nitrogen and oxygen atoms in total. The molecule has 2 N–H and O–H groups in total. The second kappa shape index (κ2) is 7.30. The maximum absolute atomic E-state index is 10.3. The van der Waals surface area contributed by atoms with Crippen LogP contribution < -0.4 is 5.73 Å². The van der Waals surface area contributed by atoms with Crippen LogP contribution in [0.3, 0.4) is 0 Å². The van der Waals surface area contributed by atoms with E-state index in [1.54, 1.807) is 0 Å². The Labute approximate surface area is 65.4 Å². The summed E-state index contributed by atoms with van der Waals surface area (Å²) in [6, 6.07) is 0. The van der Waals surface area contributed by atoms with Crippen LogP contribution in [-0.2, 0) is 14.2 Å². The Hall–Kier alpha value is -0.810. The summed E-state index contributed by atoms with van der Waals surface area (Å²) in [5, 5.41) is 0. The van der Waals surface area contributed by atoms with Crippen molar-refractivity contribution in [2.45, 2.75) is 0 Å². The SMILES string of the molecule is COC(=O)OCCOCCN. The van der Waals surface area contributed by atoms with E-state index >= 15 is 0 Å². The van der Waals surface area contributed by atoms with Gasteiger partial charge in [-0.25, -0.2) is 4.79 Å². The number of carbonyl (C=O) groups is 1. The first-order valence-electron chi connectivity index (χ1n) is 3.29.